The maximum Gasteiger partial charge on any atom is 0.167 e. The Hall–Kier alpha value is -1.68. The molecule has 92 valence electrons. The van der Waals surface area contributed by atoms with E-state index in [-0.39, 0.29) is 5.78 Å². The Morgan fingerprint density at radius 1 is 1.39 bits per heavy atom. The molecular weight excluding hydrogens is 294 g/mol. The van der Waals surface area contributed by atoms with Gasteiger partial charge in [-0.15, -0.1) is 0 Å². The second-order valence-corrected chi connectivity index (χ2v) is 4.66. The predicted molar refractivity (Wildman–Crippen MR) is 73.0 cm³/mol. The number of benzene rings is 1. The molecule has 0 unspecified atom stereocenters. The van der Waals surface area contributed by atoms with Crippen molar-refractivity contribution in [1.82, 2.24) is 4.98 Å². The lowest BCUT2D eigenvalue weighted by Crippen LogP contribution is -2.04. The average Bonchev–Trinajstić information content (AvgIpc) is 2.39. The fraction of sp³-hybridized carbons (Fsp3) is 0.143. The molecule has 0 amide bonds. The number of rotatable bonds is 4. The number of carbonyl (C=O) groups is 1. The van der Waals surface area contributed by atoms with Gasteiger partial charge in [-0.25, -0.2) is 0 Å². The minimum absolute atomic E-state index is 0.0614. The van der Waals surface area contributed by atoms with E-state index in [0.29, 0.717) is 17.7 Å². The van der Waals surface area contributed by atoms with Crippen LogP contribution in [0.2, 0.25) is 0 Å². The van der Waals surface area contributed by atoms with E-state index in [4.69, 9.17) is 4.74 Å². The van der Waals surface area contributed by atoms with Crippen LogP contribution in [0, 0.1) is 0 Å². The van der Waals surface area contributed by atoms with E-state index >= 15 is 0 Å². The summed E-state index contributed by atoms with van der Waals surface area (Å²) >= 11 is 3.37. The smallest absolute Gasteiger partial charge is 0.167 e. The molecule has 1 aromatic heterocycles. The molecule has 0 spiro atoms. The van der Waals surface area contributed by atoms with Gasteiger partial charge in [0.2, 0.25) is 0 Å². The first kappa shape index (κ1) is 12.8. The van der Waals surface area contributed by atoms with Crippen molar-refractivity contribution in [3.63, 3.8) is 0 Å². The molecule has 2 aromatic rings. The Kier molecular flexibility index (Phi) is 4.10. The fourth-order valence-electron chi connectivity index (χ4n) is 1.63. The van der Waals surface area contributed by atoms with Gasteiger partial charge in [-0.2, -0.15) is 0 Å². The standard InChI is InChI=1S/C14H12BrNO2/c1-18-14-5-4-11(8-12(14)15)13(17)7-10-3-2-6-16-9-10/h2-6,8-9H,7H2,1H3. The van der Waals surface area contributed by atoms with E-state index in [9.17, 15) is 4.79 Å². The van der Waals surface area contributed by atoms with Gasteiger partial charge in [-0.3, -0.25) is 9.78 Å². The predicted octanol–water partition coefficient (Wildman–Crippen LogP) is 3.28. The molecule has 1 heterocycles. The highest BCUT2D eigenvalue weighted by Gasteiger charge is 2.09. The summed E-state index contributed by atoms with van der Waals surface area (Å²) in [7, 11) is 1.59. The number of aromatic nitrogens is 1. The summed E-state index contributed by atoms with van der Waals surface area (Å²) in [6.45, 7) is 0. The number of halogens is 1. The third-order valence-electron chi connectivity index (χ3n) is 2.56. The summed E-state index contributed by atoms with van der Waals surface area (Å²) in [6.07, 6.45) is 3.75. The average molecular weight is 306 g/mol. The molecule has 0 saturated carbocycles. The highest BCUT2D eigenvalue weighted by Crippen LogP contribution is 2.26. The van der Waals surface area contributed by atoms with Gasteiger partial charge >= 0.3 is 0 Å². The van der Waals surface area contributed by atoms with E-state index in [1.165, 1.54) is 0 Å². The van der Waals surface area contributed by atoms with Crippen LogP contribution in [0.3, 0.4) is 0 Å². The minimum Gasteiger partial charge on any atom is -0.496 e. The summed E-state index contributed by atoms with van der Waals surface area (Å²) in [5, 5.41) is 0. The van der Waals surface area contributed by atoms with E-state index in [1.807, 2.05) is 12.1 Å². The molecule has 18 heavy (non-hydrogen) atoms. The van der Waals surface area contributed by atoms with Crippen molar-refractivity contribution in [2.45, 2.75) is 6.42 Å². The molecular formula is C14H12BrNO2. The normalized spacial score (nSPS) is 10.1. The Morgan fingerprint density at radius 2 is 2.22 bits per heavy atom. The van der Waals surface area contributed by atoms with Crippen molar-refractivity contribution < 1.29 is 9.53 Å². The molecule has 0 aliphatic rings. The van der Waals surface area contributed by atoms with Crippen molar-refractivity contribution >= 4 is 21.7 Å². The highest BCUT2D eigenvalue weighted by molar-refractivity contribution is 9.10. The molecule has 1 aromatic carbocycles. The van der Waals surface area contributed by atoms with Crippen molar-refractivity contribution in [3.8, 4) is 5.75 Å². The number of hydrogen-bond acceptors (Lipinski definition) is 3. The Balaban J connectivity index is 2.17. The van der Waals surface area contributed by atoms with Gasteiger partial charge in [0.25, 0.3) is 0 Å². The van der Waals surface area contributed by atoms with E-state index < -0.39 is 0 Å². The lowest BCUT2D eigenvalue weighted by Gasteiger charge is -2.05. The monoisotopic (exact) mass is 305 g/mol. The molecule has 0 atom stereocenters. The molecule has 0 bridgehead atoms. The van der Waals surface area contributed by atoms with Gasteiger partial charge in [0.15, 0.2) is 5.78 Å². The third-order valence-corrected chi connectivity index (χ3v) is 3.18. The lowest BCUT2D eigenvalue weighted by atomic mass is 10.0. The van der Waals surface area contributed by atoms with Crippen molar-refractivity contribution in [1.29, 1.82) is 0 Å². The zero-order valence-corrected chi connectivity index (χ0v) is 11.5. The topological polar surface area (TPSA) is 39.2 Å². The zero-order chi connectivity index (χ0) is 13.0. The van der Waals surface area contributed by atoms with Gasteiger partial charge in [-0.1, -0.05) is 6.07 Å². The van der Waals surface area contributed by atoms with Crippen molar-refractivity contribution in [2.75, 3.05) is 7.11 Å². The number of Topliss-reactive ketones (excluding diaryl/α,β-unsaturated/α-hetero) is 1. The SMILES string of the molecule is COc1ccc(C(=O)Cc2cccnc2)cc1Br. The van der Waals surface area contributed by atoms with Crippen LogP contribution in [-0.2, 0) is 6.42 Å². The fourth-order valence-corrected chi connectivity index (χ4v) is 2.17. The number of ketones is 1. The molecule has 0 aliphatic carbocycles. The van der Waals surface area contributed by atoms with Crippen LogP contribution < -0.4 is 4.74 Å². The van der Waals surface area contributed by atoms with E-state index in [2.05, 4.69) is 20.9 Å². The van der Waals surface area contributed by atoms with Crippen LogP contribution in [0.25, 0.3) is 0 Å². The van der Waals surface area contributed by atoms with Crippen molar-refractivity contribution in [3.05, 3.63) is 58.3 Å². The summed E-state index contributed by atoms with van der Waals surface area (Å²) in [5.41, 5.74) is 1.57. The third kappa shape index (κ3) is 2.96. The van der Waals surface area contributed by atoms with Crippen LogP contribution in [0.1, 0.15) is 15.9 Å². The largest absolute Gasteiger partial charge is 0.496 e. The molecule has 0 aliphatic heterocycles. The van der Waals surface area contributed by atoms with E-state index in [0.717, 1.165) is 10.0 Å². The zero-order valence-electron chi connectivity index (χ0n) is 9.89. The molecule has 0 fully saturated rings. The number of methoxy groups -OCH3 is 1. The number of ether oxygens (including phenoxy) is 1. The summed E-state index contributed by atoms with van der Waals surface area (Å²) in [4.78, 5) is 16.1. The maximum absolute atomic E-state index is 12.1. The molecule has 4 heteroatoms. The quantitative estimate of drug-likeness (QED) is 0.814. The number of carbonyl (C=O) groups excluding carboxylic acids is 1. The van der Waals surface area contributed by atoms with Gasteiger partial charge in [0.1, 0.15) is 5.75 Å². The van der Waals surface area contributed by atoms with Gasteiger partial charge in [-0.05, 0) is 45.8 Å². The maximum atomic E-state index is 12.1. The van der Waals surface area contributed by atoms with Crippen LogP contribution in [0.4, 0.5) is 0 Å². The van der Waals surface area contributed by atoms with Crippen LogP contribution in [0.5, 0.6) is 5.75 Å². The second-order valence-electron chi connectivity index (χ2n) is 3.81. The molecule has 2 rings (SSSR count). The van der Waals surface area contributed by atoms with Gasteiger partial charge in [0, 0.05) is 24.4 Å². The number of pyridine rings is 1. The minimum atomic E-state index is 0.0614. The van der Waals surface area contributed by atoms with Crippen LogP contribution in [0.15, 0.2) is 47.2 Å². The highest BCUT2D eigenvalue weighted by atomic mass is 79.9. The Labute approximate surface area is 114 Å². The Bertz CT molecular complexity index is 555. The molecule has 3 nitrogen and oxygen atoms in total. The second kappa shape index (κ2) is 5.78. The number of nitrogens with zero attached hydrogens (tertiary/aromatic N) is 1. The van der Waals surface area contributed by atoms with Gasteiger partial charge < -0.3 is 4.74 Å². The first-order chi connectivity index (χ1) is 8.70. The first-order valence-electron chi connectivity index (χ1n) is 5.46. The van der Waals surface area contributed by atoms with Crippen LogP contribution >= 0.6 is 15.9 Å². The van der Waals surface area contributed by atoms with Crippen LogP contribution in [-0.4, -0.2) is 17.9 Å². The summed E-state index contributed by atoms with van der Waals surface area (Å²) in [5.74, 6) is 0.777. The Morgan fingerprint density at radius 3 is 2.83 bits per heavy atom. The van der Waals surface area contributed by atoms with Gasteiger partial charge in [0.05, 0.1) is 11.6 Å². The first-order valence-corrected chi connectivity index (χ1v) is 6.25. The lowest BCUT2D eigenvalue weighted by molar-refractivity contribution is 0.0993. The van der Waals surface area contributed by atoms with Crippen molar-refractivity contribution in [2.24, 2.45) is 0 Å². The van der Waals surface area contributed by atoms with E-state index in [1.54, 1.807) is 37.7 Å². The summed E-state index contributed by atoms with van der Waals surface area (Å²) < 4.78 is 5.91. The molecule has 0 radical (unpaired) electrons. The molecule has 0 N–H and O–H groups in total. The summed E-state index contributed by atoms with van der Waals surface area (Å²) in [6, 6.07) is 9.04. The number of hydrogen-bond donors (Lipinski definition) is 0. The molecule has 0 saturated heterocycles.